The highest BCUT2D eigenvalue weighted by atomic mass is 32.2. The van der Waals surface area contributed by atoms with Gasteiger partial charge in [-0.1, -0.05) is 30.0 Å². The minimum Gasteiger partial charge on any atom is -0.467 e. The lowest BCUT2D eigenvalue weighted by Gasteiger charge is -2.10. The first kappa shape index (κ1) is 16.2. The number of H-pyrrole nitrogens is 1. The quantitative estimate of drug-likeness (QED) is 0.534. The Morgan fingerprint density at radius 2 is 2.15 bits per heavy atom. The number of nitrogens with one attached hydrogen (secondary N) is 1. The standard InChI is InChI=1S/C19H16N4O3S/c24-18-16(7-9-26-18)27-19-22-21-17(23(19)11-12-4-3-8-25-12)14-10-20-15-6-2-1-5-13(14)15/h1-6,8,10,16,20H,7,9,11H2/t16-/m0/s1. The van der Waals surface area contributed by atoms with Gasteiger partial charge in [0.15, 0.2) is 11.0 Å². The number of esters is 1. The molecule has 1 saturated heterocycles. The van der Waals surface area contributed by atoms with E-state index in [0.29, 0.717) is 24.7 Å². The molecule has 4 aromatic rings. The van der Waals surface area contributed by atoms with Crippen LogP contribution < -0.4 is 0 Å². The van der Waals surface area contributed by atoms with Crippen LogP contribution in [-0.4, -0.2) is 37.6 Å². The molecule has 0 aliphatic carbocycles. The molecule has 1 aliphatic heterocycles. The van der Waals surface area contributed by atoms with Crippen LogP contribution in [0.1, 0.15) is 12.2 Å². The molecule has 0 saturated carbocycles. The van der Waals surface area contributed by atoms with Crippen LogP contribution in [0.5, 0.6) is 0 Å². The zero-order chi connectivity index (χ0) is 18.2. The molecule has 1 aromatic carbocycles. The number of rotatable bonds is 5. The Morgan fingerprint density at radius 1 is 1.22 bits per heavy atom. The summed E-state index contributed by atoms with van der Waals surface area (Å²) in [5.74, 6) is 1.34. The fraction of sp³-hybridized carbons (Fsp3) is 0.211. The van der Waals surface area contributed by atoms with E-state index in [1.54, 1.807) is 6.26 Å². The van der Waals surface area contributed by atoms with Crippen molar-refractivity contribution in [3.63, 3.8) is 0 Å². The zero-order valence-corrected chi connectivity index (χ0v) is 15.1. The van der Waals surface area contributed by atoms with Gasteiger partial charge < -0.3 is 14.1 Å². The summed E-state index contributed by atoms with van der Waals surface area (Å²) in [5, 5.41) is 10.3. The van der Waals surface area contributed by atoms with Crippen LogP contribution in [0.25, 0.3) is 22.3 Å². The minimum absolute atomic E-state index is 0.193. The van der Waals surface area contributed by atoms with Crippen molar-refractivity contribution < 1.29 is 13.9 Å². The predicted octanol–water partition coefficient (Wildman–Crippen LogP) is 3.48. The molecule has 4 heterocycles. The van der Waals surface area contributed by atoms with E-state index in [1.807, 2.05) is 47.2 Å². The summed E-state index contributed by atoms with van der Waals surface area (Å²) in [5.41, 5.74) is 2.00. The summed E-state index contributed by atoms with van der Waals surface area (Å²) < 4.78 is 12.6. The van der Waals surface area contributed by atoms with Crippen molar-refractivity contribution in [2.45, 2.75) is 23.4 Å². The van der Waals surface area contributed by atoms with E-state index in [9.17, 15) is 4.79 Å². The van der Waals surface area contributed by atoms with Gasteiger partial charge in [0.2, 0.25) is 0 Å². The fourth-order valence-electron chi connectivity index (χ4n) is 3.24. The first-order chi connectivity index (χ1) is 13.3. The lowest BCUT2D eigenvalue weighted by atomic mass is 10.1. The van der Waals surface area contributed by atoms with E-state index in [1.165, 1.54) is 11.8 Å². The number of carbonyl (C=O) groups excluding carboxylic acids is 1. The molecule has 1 aliphatic rings. The number of carbonyl (C=O) groups is 1. The average molecular weight is 380 g/mol. The highest BCUT2D eigenvalue weighted by molar-refractivity contribution is 8.00. The SMILES string of the molecule is O=C1OCC[C@@H]1Sc1nnc(-c2c[nH]c3ccccc23)n1Cc1ccco1. The van der Waals surface area contributed by atoms with Gasteiger partial charge in [-0.15, -0.1) is 10.2 Å². The Hall–Kier alpha value is -3.00. The number of ether oxygens (including phenoxy) is 1. The topological polar surface area (TPSA) is 85.9 Å². The summed E-state index contributed by atoms with van der Waals surface area (Å²) >= 11 is 1.39. The second-order valence-electron chi connectivity index (χ2n) is 6.28. The number of aromatic nitrogens is 4. The Labute approximate surface area is 158 Å². The summed E-state index contributed by atoms with van der Waals surface area (Å²) in [6, 6.07) is 11.8. The number of para-hydroxylation sites is 1. The van der Waals surface area contributed by atoms with Gasteiger partial charge in [0, 0.05) is 29.1 Å². The van der Waals surface area contributed by atoms with Gasteiger partial charge in [-0.05, 0) is 18.2 Å². The van der Waals surface area contributed by atoms with E-state index in [4.69, 9.17) is 9.15 Å². The average Bonchev–Trinajstić information content (AvgIpc) is 3.46. The van der Waals surface area contributed by atoms with Crippen molar-refractivity contribution in [3.8, 4) is 11.4 Å². The third-order valence-corrected chi connectivity index (χ3v) is 5.80. The molecular formula is C19H16N4O3S. The lowest BCUT2D eigenvalue weighted by molar-refractivity contribution is -0.137. The van der Waals surface area contributed by atoms with E-state index < -0.39 is 0 Å². The van der Waals surface area contributed by atoms with Gasteiger partial charge in [0.05, 0.1) is 19.4 Å². The first-order valence-electron chi connectivity index (χ1n) is 8.65. The molecule has 27 heavy (non-hydrogen) atoms. The number of fused-ring (bicyclic) bond motifs is 1. The molecule has 0 radical (unpaired) electrons. The maximum Gasteiger partial charge on any atom is 0.319 e. The second-order valence-corrected chi connectivity index (χ2v) is 7.45. The summed E-state index contributed by atoms with van der Waals surface area (Å²) in [6.07, 6.45) is 4.26. The van der Waals surface area contributed by atoms with Crippen molar-refractivity contribution in [2.24, 2.45) is 0 Å². The van der Waals surface area contributed by atoms with Crippen LogP contribution in [0.3, 0.4) is 0 Å². The van der Waals surface area contributed by atoms with Crippen molar-refractivity contribution >= 4 is 28.6 Å². The summed E-state index contributed by atoms with van der Waals surface area (Å²) in [6.45, 7) is 0.942. The smallest absolute Gasteiger partial charge is 0.319 e. The number of hydrogen-bond donors (Lipinski definition) is 1. The maximum atomic E-state index is 11.9. The number of aromatic amines is 1. The second kappa shape index (κ2) is 6.62. The zero-order valence-electron chi connectivity index (χ0n) is 14.3. The van der Waals surface area contributed by atoms with Crippen LogP contribution >= 0.6 is 11.8 Å². The van der Waals surface area contributed by atoms with E-state index in [2.05, 4.69) is 15.2 Å². The molecule has 0 bridgehead atoms. The fourth-order valence-corrected chi connectivity index (χ4v) is 4.24. The Balaban J connectivity index is 1.59. The third-order valence-electron chi connectivity index (χ3n) is 4.58. The highest BCUT2D eigenvalue weighted by Crippen LogP contribution is 2.34. The summed E-state index contributed by atoms with van der Waals surface area (Å²) in [7, 11) is 0. The molecule has 0 unspecified atom stereocenters. The highest BCUT2D eigenvalue weighted by Gasteiger charge is 2.30. The van der Waals surface area contributed by atoms with Gasteiger partial charge in [-0.2, -0.15) is 0 Å². The van der Waals surface area contributed by atoms with Crippen LogP contribution in [0.2, 0.25) is 0 Å². The number of benzene rings is 1. The largest absolute Gasteiger partial charge is 0.467 e. The van der Waals surface area contributed by atoms with Gasteiger partial charge in [-0.25, -0.2) is 0 Å². The third kappa shape index (κ3) is 2.91. The Bertz CT molecular complexity index is 1100. The maximum absolute atomic E-state index is 11.9. The normalized spacial score (nSPS) is 16.9. The molecule has 5 rings (SSSR count). The van der Waals surface area contributed by atoms with Gasteiger partial charge in [0.25, 0.3) is 0 Å². The van der Waals surface area contributed by atoms with E-state index >= 15 is 0 Å². The lowest BCUT2D eigenvalue weighted by Crippen LogP contribution is -2.12. The van der Waals surface area contributed by atoms with Gasteiger partial charge in [-0.3, -0.25) is 9.36 Å². The Kier molecular flexibility index (Phi) is 3.97. The molecular weight excluding hydrogens is 364 g/mol. The predicted molar refractivity (Wildman–Crippen MR) is 100 cm³/mol. The number of nitrogens with zero attached hydrogens (tertiary/aromatic N) is 3. The molecule has 0 spiro atoms. The monoisotopic (exact) mass is 380 g/mol. The number of hydrogen-bond acceptors (Lipinski definition) is 6. The van der Waals surface area contributed by atoms with E-state index in [0.717, 1.165) is 28.1 Å². The molecule has 1 fully saturated rings. The van der Waals surface area contributed by atoms with Crippen LogP contribution in [-0.2, 0) is 16.1 Å². The molecule has 8 heteroatoms. The van der Waals surface area contributed by atoms with Crippen molar-refractivity contribution in [1.82, 2.24) is 19.7 Å². The summed E-state index contributed by atoms with van der Waals surface area (Å²) in [4.78, 5) is 15.2. The van der Waals surface area contributed by atoms with Crippen LogP contribution in [0.4, 0.5) is 0 Å². The van der Waals surface area contributed by atoms with Crippen LogP contribution in [0.15, 0.2) is 58.4 Å². The molecule has 3 aromatic heterocycles. The van der Waals surface area contributed by atoms with Crippen molar-refractivity contribution in [2.75, 3.05) is 6.61 Å². The molecule has 136 valence electrons. The number of furan rings is 1. The van der Waals surface area contributed by atoms with Crippen molar-refractivity contribution in [3.05, 3.63) is 54.6 Å². The molecule has 1 atom stereocenters. The Morgan fingerprint density at radius 3 is 2.96 bits per heavy atom. The molecule has 7 nitrogen and oxygen atoms in total. The van der Waals surface area contributed by atoms with Crippen LogP contribution in [0, 0.1) is 0 Å². The number of thioether (sulfide) groups is 1. The van der Waals surface area contributed by atoms with E-state index in [-0.39, 0.29) is 11.2 Å². The van der Waals surface area contributed by atoms with Gasteiger partial charge in [0.1, 0.15) is 11.0 Å². The number of cyclic esters (lactones) is 1. The first-order valence-corrected chi connectivity index (χ1v) is 9.53. The molecule has 1 N–H and O–H groups in total. The van der Waals surface area contributed by atoms with Gasteiger partial charge >= 0.3 is 5.97 Å². The molecule has 0 amide bonds. The minimum atomic E-state index is -0.250. The van der Waals surface area contributed by atoms with Crippen molar-refractivity contribution in [1.29, 1.82) is 0 Å².